The van der Waals surface area contributed by atoms with Gasteiger partial charge in [0.15, 0.2) is 6.10 Å². The first kappa shape index (κ1) is 74.2. The number of carboxylic acid groups (broad SMARTS) is 1. The molecule has 0 aromatic heterocycles. The van der Waals surface area contributed by atoms with Crippen LogP contribution in [0.4, 0.5) is 0 Å². The summed E-state index contributed by atoms with van der Waals surface area (Å²) in [6.07, 6.45) is 83.6. The van der Waals surface area contributed by atoms with Gasteiger partial charge in [0.1, 0.15) is 13.2 Å². The lowest BCUT2D eigenvalue weighted by Crippen LogP contribution is -2.40. The van der Waals surface area contributed by atoms with E-state index in [1.807, 2.05) is 21.1 Å². The minimum absolute atomic E-state index is 0.174. The third kappa shape index (κ3) is 60.7. The number of quaternary nitrogens is 1. The zero-order valence-corrected chi connectivity index (χ0v) is 50.7. The van der Waals surface area contributed by atoms with Crippen molar-refractivity contribution in [3.63, 3.8) is 0 Å². The minimum Gasteiger partial charge on any atom is -0.477 e. The van der Waals surface area contributed by atoms with Crippen LogP contribution in [0, 0.1) is 0 Å². The molecule has 0 saturated carbocycles. The van der Waals surface area contributed by atoms with Crippen LogP contribution in [0.3, 0.4) is 0 Å². The summed E-state index contributed by atoms with van der Waals surface area (Å²) in [6, 6.07) is 0. The maximum atomic E-state index is 12.9. The smallest absolute Gasteiger partial charge is 0.361 e. The fourth-order valence-corrected chi connectivity index (χ4v) is 7.90. The van der Waals surface area contributed by atoms with Gasteiger partial charge in [0.25, 0.3) is 6.29 Å². The summed E-state index contributed by atoms with van der Waals surface area (Å²) in [4.78, 5) is 37.5. The molecule has 0 aliphatic rings. The van der Waals surface area contributed by atoms with Gasteiger partial charge >= 0.3 is 17.9 Å². The summed E-state index contributed by atoms with van der Waals surface area (Å²) in [5.41, 5.74) is 0. The molecule has 0 saturated heterocycles. The van der Waals surface area contributed by atoms with Crippen molar-refractivity contribution >= 4 is 17.9 Å². The third-order valence-corrected chi connectivity index (χ3v) is 12.6. The molecule has 1 N–H and O–H groups in total. The number of hydrogen-bond acceptors (Lipinski definition) is 7. The summed E-state index contributed by atoms with van der Waals surface area (Å²) in [7, 11) is 5.95. The highest BCUT2D eigenvalue weighted by atomic mass is 16.7. The van der Waals surface area contributed by atoms with E-state index in [0.29, 0.717) is 17.4 Å². The predicted molar refractivity (Wildman–Crippen MR) is 336 cm³/mol. The number of unbranched alkanes of at least 4 members (excludes halogenated alkanes) is 16. The number of likely N-dealkylation sites (N-methyl/N-ethyl adjacent to an activating group) is 1. The molecule has 0 heterocycles. The number of carbonyl (C=O) groups is 3. The first-order valence-corrected chi connectivity index (χ1v) is 31.0. The number of esters is 2. The van der Waals surface area contributed by atoms with E-state index in [0.717, 1.165) is 122 Å². The second-order valence-electron chi connectivity index (χ2n) is 21.2. The number of ether oxygens (including phenoxy) is 4. The molecule has 9 heteroatoms. The minimum atomic E-state index is -1.53. The number of aliphatic carboxylic acids is 1. The standard InChI is InChI=1S/C70H113NO8/c1-6-8-10-12-14-16-18-20-22-24-26-28-30-32-33-34-35-37-39-41-43-45-47-49-51-53-55-57-59-61-68(73)79-66(65-78-70(69(74)75)76-63-62-71(3,4)5)64-77-67(72)60-58-56-54-52-50-48-46-44-42-40-38-36-31-29-27-25-23-21-19-17-15-13-11-9-7-2/h8-11,14-17,20-23,26-29,32-33,35,37,41,43,47,49,66,70H,6-7,12-13,18-19,24-25,30-31,34,36,38-40,42,44-46,48,50-65H2,1-5H3/p+1/b10-8-,11-9-,16-14-,17-15-,22-20-,23-21-,28-26-,29-27-,33-32-,37-35-,43-41-,49-47-. The van der Waals surface area contributed by atoms with Crippen LogP contribution in [-0.2, 0) is 33.3 Å². The molecule has 9 nitrogen and oxygen atoms in total. The number of rotatable bonds is 55. The van der Waals surface area contributed by atoms with Crippen molar-refractivity contribution in [1.29, 1.82) is 0 Å². The van der Waals surface area contributed by atoms with E-state index in [9.17, 15) is 19.5 Å². The lowest BCUT2D eigenvalue weighted by Gasteiger charge is -2.25. The topological polar surface area (TPSA) is 108 Å². The lowest BCUT2D eigenvalue weighted by molar-refractivity contribution is -0.870. The first-order valence-electron chi connectivity index (χ1n) is 31.0. The van der Waals surface area contributed by atoms with Crippen LogP contribution in [-0.4, -0.2) is 87.4 Å². The average Bonchev–Trinajstić information content (AvgIpc) is 3.42. The van der Waals surface area contributed by atoms with Crippen LogP contribution in [0.1, 0.15) is 219 Å². The van der Waals surface area contributed by atoms with E-state index < -0.39 is 24.3 Å². The molecular weight excluding hydrogens is 983 g/mol. The van der Waals surface area contributed by atoms with Crippen LogP contribution in [0.15, 0.2) is 146 Å². The van der Waals surface area contributed by atoms with Gasteiger partial charge in [0.2, 0.25) is 0 Å². The van der Waals surface area contributed by atoms with E-state index in [1.165, 1.54) is 64.2 Å². The molecule has 0 radical (unpaired) electrons. The lowest BCUT2D eigenvalue weighted by atomic mass is 10.0. The summed E-state index contributed by atoms with van der Waals surface area (Å²) in [5.74, 6) is -2.06. The Labute approximate surface area is 483 Å². The number of nitrogens with zero attached hydrogens (tertiary/aromatic N) is 1. The fraction of sp³-hybridized carbons (Fsp3) is 0.614. The van der Waals surface area contributed by atoms with Crippen LogP contribution in [0.25, 0.3) is 0 Å². The Morgan fingerprint density at radius 1 is 0.380 bits per heavy atom. The molecule has 0 bridgehead atoms. The molecular formula is C70H114NO8+. The zero-order chi connectivity index (χ0) is 57.6. The molecule has 446 valence electrons. The van der Waals surface area contributed by atoms with E-state index in [1.54, 1.807) is 0 Å². The summed E-state index contributed by atoms with van der Waals surface area (Å²) in [5, 5.41) is 9.72. The Morgan fingerprint density at radius 2 is 0.684 bits per heavy atom. The summed E-state index contributed by atoms with van der Waals surface area (Å²) in [6.45, 7) is 4.60. The summed E-state index contributed by atoms with van der Waals surface area (Å²) >= 11 is 0. The number of carbonyl (C=O) groups excluding carboxylic acids is 2. The van der Waals surface area contributed by atoms with Crippen LogP contribution < -0.4 is 0 Å². The van der Waals surface area contributed by atoms with Crippen LogP contribution in [0.5, 0.6) is 0 Å². The van der Waals surface area contributed by atoms with Crippen molar-refractivity contribution in [2.75, 3.05) is 47.5 Å². The van der Waals surface area contributed by atoms with Crippen molar-refractivity contribution in [2.45, 2.75) is 232 Å². The number of allylic oxidation sites excluding steroid dienone is 24. The molecule has 79 heavy (non-hydrogen) atoms. The monoisotopic (exact) mass is 1100 g/mol. The summed E-state index contributed by atoms with van der Waals surface area (Å²) < 4.78 is 22.9. The fourth-order valence-electron chi connectivity index (χ4n) is 7.90. The normalized spacial score (nSPS) is 13.8. The molecule has 0 fully saturated rings. The second kappa shape index (κ2) is 59.3. The van der Waals surface area contributed by atoms with Gasteiger partial charge in [-0.15, -0.1) is 0 Å². The average molecular weight is 1100 g/mol. The molecule has 2 atom stereocenters. The Hall–Kier alpha value is -4.83. The van der Waals surface area contributed by atoms with E-state index in [2.05, 4.69) is 160 Å². The Kier molecular flexibility index (Phi) is 55.7. The quantitative estimate of drug-likeness (QED) is 0.0211. The van der Waals surface area contributed by atoms with E-state index in [4.69, 9.17) is 18.9 Å². The Balaban J connectivity index is 4.32. The Bertz CT molecular complexity index is 1800. The maximum Gasteiger partial charge on any atom is 0.361 e. The van der Waals surface area contributed by atoms with Crippen molar-refractivity contribution in [3.8, 4) is 0 Å². The highest BCUT2D eigenvalue weighted by molar-refractivity contribution is 5.71. The van der Waals surface area contributed by atoms with E-state index >= 15 is 0 Å². The van der Waals surface area contributed by atoms with Crippen molar-refractivity contribution in [3.05, 3.63) is 146 Å². The molecule has 0 aliphatic carbocycles. The van der Waals surface area contributed by atoms with Crippen molar-refractivity contribution in [1.82, 2.24) is 0 Å². The third-order valence-electron chi connectivity index (χ3n) is 12.6. The van der Waals surface area contributed by atoms with Gasteiger partial charge in [-0.2, -0.15) is 0 Å². The SMILES string of the molecule is CC/C=C\C/C=C\C/C=C\C/C=C\C/C=C\C/C=C\C/C=C\C/C=C\CCCCCCC(=O)OC(COC(=O)CCCCCCCCCCCCCC/C=C\C/C=C\C/C=C\C/C=C\CC)COC(OCC[N+](C)(C)C)C(=O)O. The number of hydrogen-bond donors (Lipinski definition) is 1. The maximum absolute atomic E-state index is 12.9. The molecule has 0 spiro atoms. The molecule has 0 aromatic rings. The van der Waals surface area contributed by atoms with Crippen molar-refractivity contribution < 1.29 is 42.9 Å². The largest absolute Gasteiger partial charge is 0.477 e. The first-order chi connectivity index (χ1) is 38.6. The van der Waals surface area contributed by atoms with Gasteiger partial charge in [-0.05, 0) is 116 Å². The molecule has 0 aliphatic heterocycles. The zero-order valence-electron chi connectivity index (χ0n) is 50.7. The van der Waals surface area contributed by atoms with Crippen LogP contribution >= 0.6 is 0 Å². The molecule has 0 amide bonds. The van der Waals surface area contributed by atoms with Gasteiger partial charge in [-0.1, -0.05) is 237 Å². The van der Waals surface area contributed by atoms with Gasteiger partial charge in [0, 0.05) is 12.8 Å². The van der Waals surface area contributed by atoms with Crippen LogP contribution in [0.2, 0.25) is 0 Å². The van der Waals surface area contributed by atoms with Gasteiger partial charge in [0.05, 0.1) is 34.4 Å². The molecule has 0 aromatic carbocycles. The second-order valence-corrected chi connectivity index (χ2v) is 21.2. The van der Waals surface area contributed by atoms with Gasteiger partial charge < -0.3 is 28.5 Å². The van der Waals surface area contributed by atoms with Gasteiger partial charge in [-0.3, -0.25) is 9.59 Å². The van der Waals surface area contributed by atoms with E-state index in [-0.39, 0.29) is 38.6 Å². The predicted octanol–water partition coefficient (Wildman–Crippen LogP) is 18.8. The molecule has 2 unspecified atom stereocenters. The Morgan fingerprint density at radius 3 is 1.01 bits per heavy atom. The highest BCUT2D eigenvalue weighted by Crippen LogP contribution is 2.15. The highest BCUT2D eigenvalue weighted by Gasteiger charge is 2.25. The van der Waals surface area contributed by atoms with Gasteiger partial charge in [-0.25, -0.2) is 4.79 Å². The number of carboxylic acids is 1. The van der Waals surface area contributed by atoms with Crippen molar-refractivity contribution in [2.24, 2.45) is 0 Å². The molecule has 0 rings (SSSR count).